The summed E-state index contributed by atoms with van der Waals surface area (Å²) >= 11 is 0. The molecule has 2 atom stereocenters. The van der Waals surface area contributed by atoms with Crippen molar-refractivity contribution in [3.05, 3.63) is 35.9 Å². The number of rotatable bonds is 3. The summed E-state index contributed by atoms with van der Waals surface area (Å²) in [5.74, 6) is -4.10. The van der Waals surface area contributed by atoms with Crippen LogP contribution in [0.3, 0.4) is 0 Å². The van der Waals surface area contributed by atoms with Crippen molar-refractivity contribution in [3.8, 4) is 0 Å². The van der Waals surface area contributed by atoms with Crippen LogP contribution in [-0.2, 0) is 4.74 Å². The van der Waals surface area contributed by atoms with E-state index in [-0.39, 0.29) is 5.56 Å². The van der Waals surface area contributed by atoms with Gasteiger partial charge >= 0.3 is 12.0 Å². The number of aliphatic hydroxyl groups excluding tert-OH is 1. The Morgan fingerprint density at radius 2 is 1.62 bits per heavy atom. The topological polar surface area (TPSA) is 29.5 Å². The van der Waals surface area contributed by atoms with Gasteiger partial charge < -0.3 is 9.84 Å². The highest BCUT2D eigenvalue weighted by molar-refractivity contribution is 5.20. The summed E-state index contributed by atoms with van der Waals surface area (Å²) in [6.45, 7) is 0. The minimum absolute atomic E-state index is 0.204. The lowest BCUT2D eigenvalue weighted by atomic mass is 10.0. The first-order valence-corrected chi connectivity index (χ1v) is 4.36. The second-order valence-electron chi connectivity index (χ2n) is 3.16. The van der Waals surface area contributed by atoms with E-state index in [2.05, 4.69) is 4.74 Å². The molecule has 0 amide bonds. The fourth-order valence-electron chi connectivity index (χ4n) is 1.23. The summed E-state index contributed by atoms with van der Waals surface area (Å²) in [5, 5.41) is 9.36. The van der Waals surface area contributed by atoms with Crippen molar-refractivity contribution in [2.45, 2.75) is 18.1 Å². The molecule has 2 unspecified atom stereocenters. The minimum Gasteiger partial charge on any atom is -0.382 e. The zero-order chi connectivity index (χ0) is 12.4. The molecule has 16 heavy (non-hydrogen) atoms. The first-order valence-electron chi connectivity index (χ1n) is 4.36. The molecule has 0 saturated carbocycles. The molecule has 0 saturated heterocycles. The quantitative estimate of drug-likeness (QED) is 0.820. The molecule has 0 radical (unpaired) electrons. The average molecular weight is 238 g/mol. The number of aliphatic hydroxyl groups is 1. The van der Waals surface area contributed by atoms with Crippen LogP contribution >= 0.6 is 0 Å². The van der Waals surface area contributed by atoms with E-state index in [4.69, 9.17) is 0 Å². The van der Waals surface area contributed by atoms with Gasteiger partial charge in [-0.1, -0.05) is 30.3 Å². The van der Waals surface area contributed by atoms with Crippen molar-refractivity contribution in [2.24, 2.45) is 0 Å². The Bertz CT molecular complexity index is 338. The lowest BCUT2D eigenvalue weighted by Gasteiger charge is -2.30. The van der Waals surface area contributed by atoms with E-state index in [9.17, 15) is 22.7 Å². The van der Waals surface area contributed by atoms with E-state index in [1.165, 1.54) is 30.3 Å². The van der Waals surface area contributed by atoms with Gasteiger partial charge in [0.25, 0.3) is 0 Å². The van der Waals surface area contributed by atoms with E-state index < -0.39 is 18.1 Å². The van der Waals surface area contributed by atoms with Crippen LogP contribution in [-0.4, -0.2) is 24.2 Å². The van der Waals surface area contributed by atoms with Gasteiger partial charge in [0.2, 0.25) is 0 Å². The molecule has 1 aromatic rings. The number of methoxy groups -OCH3 is 1. The van der Waals surface area contributed by atoms with Crippen LogP contribution < -0.4 is 0 Å². The zero-order valence-corrected chi connectivity index (χ0v) is 8.33. The second-order valence-corrected chi connectivity index (χ2v) is 3.16. The summed E-state index contributed by atoms with van der Waals surface area (Å²) in [7, 11) is 0.555. The molecule has 1 aromatic carbocycles. The van der Waals surface area contributed by atoms with Gasteiger partial charge in [0.05, 0.1) is 0 Å². The minimum atomic E-state index is -5.31. The van der Waals surface area contributed by atoms with E-state index >= 15 is 0 Å². The Morgan fingerprint density at radius 1 is 1.12 bits per heavy atom. The van der Waals surface area contributed by atoms with E-state index in [0.29, 0.717) is 7.11 Å². The van der Waals surface area contributed by atoms with Gasteiger partial charge in [-0.25, -0.2) is 0 Å². The Hall–Kier alpha value is -1.14. The van der Waals surface area contributed by atoms with E-state index in [1.54, 1.807) is 0 Å². The van der Waals surface area contributed by atoms with Crippen molar-refractivity contribution in [3.63, 3.8) is 0 Å². The highest BCUT2D eigenvalue weighted by Gasteiger charge is 2.62. The summed E-state index contributed by atoms with van der Waals surface area (Å²) < 4.78 is 54.4. The number of halogens is 4. The van der Waals surface area contributed by atoms with E-state index in [1.807, 2.05) is 0 Å². The molecular formula is C10H10F4O2. The number of hydrogen-bond acceptors (Lipinski definition) is 2. The SMILES string of the molecule is COC(F)(C(O)c1ccccc1)C(F)(F)F. The Balaban J connectivity index is 3.08. The molecule has 90 valence electrons. The summed E-state index contributed by atoms with van der Waals surface area (Å²) in [6.07, 6.45) is -7.73. The van der Waals surface area contributed by atoms with Crippen LogP contribution in [0.15, 0.2) is 30.3 Å². The van der Waals surface area contributed by atoms with Gasteiger partial charge in [0, 0.05) is 7.11 Å². The molecule has 0 aliphatic rings. The smallest absolute Gasteiger partial charge is 0.382 e. The van der Waals surface area contributed by atoms with Gasteiger partial charge in [-0.3, -0.25) is 0 Å². The monoisotopic (exact) mass is 238 g/mol. The molecule has 2 nitrogen and oxygen atoms in total. The fourth-order valence-corrected chi connectivity index (χ4v) is 1.23. The third-order valence-electron chi connectivity index (χ3n) is 2.15. The second kappa shape index (κ2) is 4.39. The standard InChI is InChI=1S/C10H10F4O2/c1-16-9(11,10(12,13)14)8(15)7-5-3-2-4-6-7/h2-6,8,15H,1H3. The summed E-state index contributed by atoms with van der Waals surface area (Å²) in [4.78, 5) is 0. The normalized spacial score (nSPS) is 17.9. The van der Waals surface area contributed by atoms with E-state index in [0.717, 1.165) is 0 Å². The van der Waals surface area contributed by atoms with Crippen molar-refractivity contribution in [2.75, 3.05) is 7.11 Å². The Kier molecular flexibility index (Phi) is 3.54. The summed E-state index contributed by atoms with van der Waals surface area (Å²) in [6, 6.07) is 6.69. The maximum atomic E-state index is 13.5. The molecule has 1 N–H and O–H groups in total. The molecule has 0 spiro atoms. The van der Waals surface area contributed by atoms with Crippen molar-refractivity contribution < 1.29 is 27.4 Å². The zero-order valence-electron chi connectivity index (χ0n) is 8.33. The first kappa shape index (κ1) is 12.9. The largest absolute Gasteiger partial charge is 0.451 e. The highest BCUT2D eigenvalue weighted by Crippen LogP contribution is 2.43. The molecule has 0 heterocycles. The lowest BCUT2D eigenvalue weighted by molar-refractivity contribution is -0.356. The van der Waals surface area contributed by atoms with Crippen LogP contribution in [0.4, 0.5) is 17.6 Å². The predicted molar refractivity (Wildman–Crippen MR) is 48.3 cm³/mol. The molecule has 0 aliphatic heterocycles. The molecular weight excluding hydrogens is 228 g/mol. The fraction of sp³-hybridized carbons (Fsp3) is 0.400. The number of hydrogen-bond donors (Lipinski definition) is 1. The van der Waals surface area contributed by atoms with Gasteiger partial charge in [-0.05, 0) is 5.56 Å². The van der Waals surface area contributed by atoms with Crippen LogP contribution in [0.25, 0.3) is 0 Å². The van der Waals surface area contributed by atoms with Gasteiger partial charge in [-0.15, -0.1) is 0 Å². The van der Waals surface area contributed by atoms with Crippen molar-refractivity contribution >= 4 is 0 Å². The van der Waals surface area contributed by atoms with Gasteiger partial charge in [-0.2, -0.15) is 17.6 Å². The maximum absolute atomic E-state index is 13.5. The third-order valence-corrected chi connectivity index (χ3v) is 2.15. The number of alkyl halides is 4. The summed E-state index contributed by atoms with van der Waals surface area (Å²) in [5.41, 5.74) is -0.204. The van der Waals surface area contributed by atoms with Crippen LogP contribution in [0.1, 0.15) is 11.7 Å². The third kappa shape index (κ3) is 2.17. The number of benzene rings is 1. The van der Waals surface area contributed by atoms with Crippen LogP contribution in [0.5, 0.6) is 0 Å². The molecule has 1 rings (SSSR count). The van der Waals surface area contributed by atoms with Crippen molar-refractivity contribution in [1.29, 1.82) is 0 Å². The first-order chi connectivity index (χ1) is 7.33. The Labute approximate surface area is 89.5 Å². The lowest BCUT2D eigenvalue weighted by Crippen LogP contribution is -2.47. The molecule has 0 bridgehead atoms. The van der Waals surface area contributed by atoms with Crippen LogP contribution in [0.2, 0.25) is 0 Å². The molecule has 0 aliphatic carbocycles. The number of ether oxygens (including phenoxy) is 1. The molecule has 0 aromatic heterocycles. The average Bonchev–Trinajstić information content (AvgIpc) is 2.26. The van der Waals surface area contributed by atoms with Gasteiger partial charge in [0.1, 0.15) is 6.10 Å². The van der Waals surface area contributed by atoms with Gasteiger partial charge in [0.15, 0.2) is 0 Å². The molecule has 6 heteroatoms. The Morgan fingerprint density at radius 3 is 2.00 bits per heavy atom. The highest BCUT2D eigenvalue weighted by atomic mass is 19.4. The maximum Gasteiger partial charge on any atom is 0.451 e. The van der Waals surface area contributed by atoms with Crippen LogP contribution in [0, 0.1) is 0 Å². The predicted octanol–water partition coefficient (Wildman–Crippen LogP) is 2.59. The molecule has 0 fully saturated rings. The van der Waals surface area contributed by atoms with Crippen molar-refractivity contribution in [1.82, 2.24) is 0 Å².